The lowest BCUT2D eigenvalue weighted by Gasteiger charge is -2.19. The molecule has 1 aliphatic heterocycles. The zero-order valence-electron chi connectivity index (χ0n) is 19.1. The van der Waals surface area contributed by atoms with Gasteiger partial charge in [0, 0.05) is 37.0 Å². The van der Waals surface area contributed by atoms with E-state index in [4.69, 9.17) is 4.74 Å². The molecule has 32 heavy (non-hydrogen) atoms. The maximum atomic E-state index is 11.8. The third-order valence-corrected chi connectivity index (χ3v) is 6.42. The molecule has 1 aromatic heterocycles. The number of aromatic nitrogens is 1. The van der Waals surface area contributed by atoms with Crippen LogP contribution in [0.2, 0.25) is 0 Å². The minimum Gasteiger partial charge on any atom is -0.444 e. The van der Waals surface area contributed by atoms with Gasteiger partial charge in [-0.2, -0.15) is 4.57 Å². The number of para-hydroxylation sites is 2. The Balaban J connectivity index is 1.49. The van der Waals surface area contributed by atoms with Crippen LogP contribution in [0.5, 0.6) is 0 Å². The third-order valence-electron chi connectivity index (χ3n) is 5.25. The van der Waals surface area contributed by atoms with Crippen LogP contribution in [-0.2, 0) is 11.3 Å². The number of pyridine rings is 1. The van der Waals surface area contributed by atoms with Gasteiger partial charge in [-0.1, -0.05) is 36.0 Å². The lowest BCUT2D eigenvalue weighted by atomic mass is 10.1. The van der Waals surface area contributed by atoms with Crippen LogP contribution in [0, 0.1) is 0 Å². The Hall–Kier alpha value is -2.99. The average molecular weight is 449 g/mol. The first-order chi connectivity index (χ1) is 15.3. The molecule has 5 nitrogen and oxygen atoms in total. The summed E-state index contributed by atoms with van der Waals surface area (Å²) < 4.78 is 7.55. The highest BCUT2D eigenvalue weighted by Gasteiger charge is 2.22. The van der Waals surface area contributed by atoms with Crippen molar-refractivity contribution in [1.82, 2.24) is 5.32 Å². The number of nitrogens with one attached hydrogen (secondary N) is 1. The molecular formula is C26H30N3O2S+. The van der Waals surface area contributed by atoms with Crippen molar-refractivity contribution in [2.75, 3.05) is 18.5 Å². The van der Waals surface area contributed by atoms with Crippen molar-refractivity contribution >= 4 is 40.5 Å². The number of alkyl carbamates (subject to hydrolysis) is 1. The number of nitrogens with zero attached hydrogens (tertiary/aromatic N) is 2. The Kier molecular flexibility index (Phi) is 6.42. The molecule has 0 aliphatic carbocycles. The molecule has 6 heteroatoms. The number of carbonyl (C=O) groups is 1. The van der Waals surface area contributed by atoms with E-state index in [-0.39, 0.29) is 6.09 Å². The van der Waals surface area contributed by atoms with Gasteiger partial charge < -0.3 is 15.0 Å². The Labute approximate surface area is 194 Å². The molecule has 0 fully saturated rings. The zero-order valence-corrected chi connectivity index (χ0v) is 19.9. The van der Waals surface area contributed by atoms with E-state index in [1.807, 2.05) is 20.8 Å². The molecule has 166 valence electrons. The average Bonchev–Trinajstić information content (AvgIpc) is 3.07. The SMILES string of the molecule is CN1/C(=C\c2cc[n+](CCCNC(=O)OC(C)(C)C)c3ccccc23)Sc2ccccc21. The smallest absolute Gasteiger partial charge is 0.407 e. The first-order valence-corrected chi connectivity index (χ1v) is 11.7. The number of amides is 1. The summed E-state index contributed by atoms with van der Waals surface area (Å²) in [7, 11) is 2.12. The van der Waals surface area contributed by atoms with Crippen LogP contribution < -0.4 is 14.8 Å². The maximum Gasteiger partial charge on any atom is 0.407 e. The topological polar surface area (TPSA) is 45.5 Å². The fourth-order valence-corrected chi connectivity index (χ4v) is 4.87. The van der Waals surface area contributed by atoms with Crippen LogP contribution in [0.4, 0.5) is 10.5 Å². The van der Waals surface area contributed by atoms with Gasteiger partial charge in [-0.25, -0.2) is 4.79 Å². The van der Waals surface area contributed by atoms with E-state index in [9.17, 15) is 4.79 Å². The number of ether oxygens (including phenoxy) is 1. The molecule has 0 saturated carbocycles. The van der Waals surface area contributed by atoms with Gasteiger partial charge in [-0.05, 0) is 50.6 Å². The number of hydrogen-bond donors (Lipinski definition) is 1. The molecule has 0 spiro atoms. The summed E-state index contributed by atoms with van der Waals surface area (Å²) in [4.78, 5) is 15.4. The van der Waals surface area contributed by atoms with Crippen LogP contribution in [0.1, 0.15) is 32.8 Å². The summed E-state index contributed by atoms with van der Waals surface area (Å²) >= 11 is 1.80. The number of rotatable bonds is 5. The van der Waals surface area contributed by atoms with Crippen LogP contribution in [0.3, 0.4) is 0 Å². The van der Waals surface area contributed by atoms with Crippen molar-refractivity contribution in [3.8, 4) is 0 Å². The number of thioether (sulfide) groups is 1. The van der Waals surface area contributed by atoms with Crippen molar-refractivity contribution in [3.05, 3.63) is 71.4 Å². The van der Waals surface area contributed by atoms with Gasteiger partial charge >= 0.3 is 6.09 Å². The Bertz CT molecular complexity index is 1170. The van der Waals surface area contributed by atoms with Crippen molar-refractivity contribution < 1.29 is 14.1 Å². The van der Waals surface area contributed by atoms with Gasteiger partial charge in [0.15, 0.2) is 12.7 Å². The molecule has 1 aliphatic rings. The van der Waals surface area contributed by atoms with E-state index in [0.717, 1.165) is 13.0 Å². The molecule has 2 heterocycles. The molecule has 4 rings (SSSR count). The van der Waals surface area contributed by atoms with Crippen LogP contribution in [0.25, 0.3) is 17.0 Å². The fraction of sp³-hybridized carbons (Fsp3) is 0.308. The molecule has 1 N–H and O–H groups in total. The summed E-state index contributed by atoms with van der Waals surface area (Å²) in [6.07, 6.45) is 4.85. The highest BCUT2D eigenvalue weighted by Crippen LogP contribution is 2.45. The third kappa shape index (κ3) is 5.07. The van der Waals surface area contributed by atoms with E-state index in [0.29, 0.717) is 6.54 Å². The largest absolute Gasteiger partial charge is 0.444 e. The van der Waals surface area contributed by atoms with Crippen LogP contribution in [-0.4, -0.2) is 25.3 Å². The predicted molar refractivity (Wildman–Crippen MR) is 132 cm³/mol. The van der Waals surface area contributed by atoms with E-state index in [1.54, 1.807) is 11.8 Å². The van der Waals surface area contributed by atoms with Gasteiger partial charge in [0.2, 0.25) is 5.52 Å². The summed E-state index contributed by atoms with van der Waals surface area (Å²) in [5.74, 6) is 0. The molecular weight excluding hydrogens is 418 g/mol. The summed E-state index contributed by atoms with van der Waals surface area (Å²) in [5.41, 5.74) is 3.15. The number of anilines is 1. The molecule has 2 aromatic carbocycles. The quantitative estimate of drug-likeness (QED) is 0.409. The van der Waals surface area contributed by atoms with E-state index in [1.165, 1.54) is 32.1 Å². The molecule has 0 atom stereocenters. The Morgan fingerprint density at radius 2 is 1.88 bits per heavy atom. The lowest BCUT2D eigenvalue weighted by molar-refractivity contribution is -0.671. The second-order valence-corrected chi connectivity index (χ2v) is 9.94. The Morgan fingerprint density at radius 3 is 2.66 bits per heavy atom. The lowest BCUT2D eigenvalue weighted by Crippen LogP contribution is -2.38. The fourth-order valence-electron chi connectivity index (χ4n) is 3.76. The maximum absolute atomic E-state index is 11.8. The van der Waals surface area contributed by atoms with E-state index in [2.05, 4.69) is 88.7 Å². The van der Waals surface area contributed by atoms with E-state index < -0.39 is 5.60 Å². The van der Waals surface area contributed by atoms with Gasteiger partial charge in [0.1, 0.15) is 5.60 Å². The summed E-state index contributed by atoms with van der Waals surface area (Å²) in [6.45, 7) is 6.98. The normalized spacial score (nSPS) is 14.6. The number of benzene rings is 2. The zero-order chi connectivity index (χ0) is 22.7. The first kappa shape index (κ1) is 22.2. The van der Waals surface area contributed by atoms with Crippen LogP contribution in [0.15, 0.2) is 70.7 Å². The number of aryl methyl sites for hydroxylation is 1. The van der Waals surface area contributed by atoms with Gasteiger partial charge in [0.05, 0.1) is 16.1 Å². The molecule has 0 saturated heterocycles. The second kappa shape index (κ2) is 9.25. The summed E-state index contributed by atoms with van der Waals surface area (Å²) in [6, 6.07) is 19.1. The predicted octanol–water partition coefficient (Wildman–Crippen LogP) is 5.58. The molecule has 0 unspecified atom stereocenters. The number of fused-ring (bicyclic) bond motifs is 2. The molecule has 1 amide bonds. The van der Waals surface area contributed by atoms with Gasteiger partial charge in [-0.15, -0.1) is 0 Å². The minimum absolute atomic E-state index is 0.367. The molecule has 0 radical (unpaired) electrons. The van der Waals surface area contributed by atoms with Crippen molar-refractivity contribution in [2.24, 2.45) is 0 Å². The number of hydrogen-bond acceptors (Lipinski definition) is 4. The van der Waals surface area contributed by atoms with Crippen molar-refractivity contribution in [3.63, 3.8) is 0 Å². The standard InChI is InChI=1S/C26H29N3O2S/c1-26(2,3)31-25(30)27-15-9-16-29-17-14-19(20-10-5-6-11-21(20)29)18-24-28(4)22-12-7-8-13-23(22)32-24/h5-8,10-14,17-18H,9,15-16H2,1-4H3/p+1. The Morgan fingerprint density at radius 1 is 1.12 bits per heavy atom. The first-order valence-electron chi connectivity index (χ1n) is 10.9. The highest BCUT2D eigenvalue weighted by atomic mass is 32.2. The van der Waals surface area contributed by atoms with Gasteiger partial charge in [-0.3, -0.25) is 0 Å². The minimum atomic E-state index is -0.480. The number of carbonyl (C=O) groups excluding carboxylic acids is 1. The monoisotopic (exact) mass is 448 g/mol. The van der Waals surface area contributed by atoms with Crippen molar-refractivity contribution in [2.45, 2.75) is 44.2 Å². The highest BCUT2D eigenvalue weighted by molar-refractivity contribution is 8.03. The van der Waals surface area contributed by atoms with Gasteiger partial charge in [0.25, 0.3) is 0 Å². The summed E-state index contributed by atoms with van der Waals surface area (Å²) in [5, 5.41) is 5.27. The second-order valence-electron chi connectivity index (χ2n) is 8.88. The molecule has 3 aromatic rings. The van der Waals surface area contributed by atoms with Crippen molar-refractivity contribution in [1.29, 1.82) is 0 Å². The van der Waals surface area contributed by atoms with E-state index >= 15 is 0 Å². The molecule has 0 bridgehead atoms. The van der Waals surface area contributed by atoms with Crippen LogP contribution >= 0.6 is 11.8 Å².